The Morgan fingerprint density at radius 2 is 0.971 bits per heavy atom. The van der Waals surface area contributed by atoms with E-state index in [1.165, 1.54) is 4.74 Å². The monoisotopic (exact) mass is 563 g/mol. The summed E-state index contributed by atoms with van der Waals surface area (Å²) in [4.78, 5) is 11.6. The van der Waals surface area contributed by atoms with Gasteiger partial charge in [-0.05, 0) is 19.3 Å². The number of ether oxygens (including phenoxy) is 2. The van der Waals surface area contributed by atoms with Crippen molar-refractivity contribution >= 4 is 5.91 Å². The van der Waals surface area contributed by atoms with E-state index in [0.29, 0.717) is 0 Å². The number of hydrogen-bond donors (Lipinski definition) is 0. The van der Waals surface area contributed by atoms with Crippen LogP contribution < -0.4 is 0 Å². The van der Waals surface area contributed by atoms with E-state index >= 15 is 0 Å². The van der Waals surface area contributed by atoms with Crippen LogP contribution in [0.25, 0.3) is 0 Å². The van der Waals surface area contributed by atoms with Gasteiger partial charge in [-0.2, -0.15) is 74.6 Å². The van der Waals surface area contributed by atoms with Crippen LogP contribution in [0.15, 0.2) is 0 Å². The van der Waals surface area contributed by atoms with Gasteiger partial charge in [0, 0.05) is 13.1 Å². The fourth-order valence-corrected chi connectivity index (χ4v) is 2.45. The van der Waals surface area contributed by atoms with Crippen LogP contribution in [0.3, 0.4) is 0 Å². The molecule has 0 aromatic carbocycles. The Bertz CT molecular complexity index is 769. The molecule has 4 nitrogen and oxygen atoms in total. The summed E-state index contributed by atoms with van der Waals surface area (Å²) in [5, 5.41) is 0. The number of likely N-dealkylation sites (tertiary alicyclic amines) is 1. The summed E-state index contributed by atoms with van der Waals surface area (Å²) >= 11 is 0. The topological polar surface area (TPSA) is 38.8 Å². The van der Waals surface area contributed by atoms with Crippen LogP contribution in [0.2, 0.25) is 0 Å². The van der Waals surface area contributed by atoms with E-state index in [1.807, 2.05) is 4.74 Å². The van der Waals surface area contributed by atoms with Gasteiger partial charge in [0.05, 0.1) is 0 Å². The third-order valence-electron chi connectivity index (χ3n) is 4.28. The highest BCUT2D eigenvalue weighted by Gasteiger charge is 2.85. The molecule has 0 radical (unpaired) electrons. The molecule has 0 N–H and O–H groups in total. The Kier molecular flexibility index (Phi) is 7.98. The molecule has 1 saturated heterocycles. The van der Waals surface area contributed by atoms with Crippen molar-refractivity contribution in [3.63, 3.8) is 0 Å². The number of hydrogen-bond acceptors (Lipinski definition) is 3. The fourth-order valence-electron chi connectivity index (χ4n) is 2.45. The Morgan fingerprint density at radius 3 is 1.31 bits per heavy atom. The summed E-state index contributed by atoms with van der Waals surface area (Å²) in [6, 6.07) is 0. The third kappa shape index (κ3) is 5.48. The van der Waals surface area contributed by atoms with E-state index in [4.69, 9.17) is 0 Å². The van der Waals surface area contributed by atoms with Gasteiger partial charge in [-0.25, -0.2) is 0 Å². The Labute approximate surface area is 181 Å². The molecular weight excluding hydrogens is 553 g/mol. The highest BCUT2D eigenvalue weighted by Crippen LogP contribution is 2.56. The maximum atomic E-state index is 14.4. The number of nitrogens with zero attached hydrogens (tertiary/aromatic N) is 1. The normalized spacial score (nSPS) is 20.9. The maximum Gasteiger partial charge on any atom is 0.462 e. The third-order valence-corrected chi connectivity index (χ3v) is 4.28. The molecule has 1 amide bonds. The number of carbonyl (C=O) groups excluding carboxylic acids is 1. The lowest BCUT2D eigenvalue weighted by Gasteiger charge is -2.41. The molecule has 21 heteroatoms. The lowest BCUT2D eigenvalue weighted by Crippen LogP contribution is -2.69. The SMILES string of the molecule is O=C(N1CCCCC1)[C@@](F)(OC(F)(F)[C@](F)(OC(F)(F)C(F)(F)C(F)(F)F)C(F)(F)F)C(F)(F)F. The molecule has 0 aromatic heterocycles. The number of rotatable bonds is 7. The molecule has 1 heterocycles. The Hall–Kier alpha value is -1.80. The van der Waals surface area contributed by atoms with Crippen molar-refractivity contribution in [1.82, 2.24) is 4.90 Å². The molecule has 0 spiro atoms. The van der Waals surface area contributed by atoms with E-state index in [-0.39, 0.29) is 24.2 Å². The minimum absolute atomic E-state index is 0.185. The second kappa shape index (κ2) is 8.94. The van der Waals surface area contributed by atoms with Crippen LogP contribution in [0, 0.1) is 0 Å². The molecular formula is C14H10F17NO3. The first-order chi connectivity index (χ1) is 15.2. The van der Waals surface area contributed by atoms with Gasteiger partial charge in [0.2, 0.25) is 0 Å². The van der Waals surface area contributed by atoms with Crippen LogP contribution in [0.4, 0.5) is 74.6 Å². The maximum absolute atomic E-state index is 14.4. The summed E-state index contributed by atoms with van der Waals surface area (Å²) in [5.41, 5.74) is 0. The first-order valence-electron chi connectivity index (χ1n) is 8.59. The lowest BCUT2D eigenvalue weighted by molar-refractivity contribution is -0.548. The van der Waals surface area contributed by atoms with E-state index in [2.05, 4.69) is 0 Å². The van der Waals surface area contributed by atoms with Crippen LogP contribution in [0.1, 0.15) is 19.3 Å². The van der Waals surface area contributed by atoms with Crippen molar-refractivity contribution in [1.29, 1.82) is 0 Å². The zero-order chi connectivity index (χ0) is 28.1. The number of piperidine rings is 1. The van der Waals surface area contributed by atoms with E-state index < -0.39 is 67.4 Å². The second-order valence-corrected chi connectivity index (χ2v) is 6.85. The van der Waals surface area contributed by atoms with Gasteiger partial charge in [-0.15, -0.1) is 0 Å². The average molecular weight is 563 g/mol. The predicted octanol–water partition coefficient (Wildman–Crippen LogP) is 5.87. The van der Waals surface area contributed by atoms with Crippen molar-refractivity contribution in [2.24, 2.45) is 0 Å². The van der Waals surface area contributed by atoms with Gasteiger partial charge in [0.15, 0.2) is 0 Å². The number of halogens is 17. The molecule has 1 aliphatic heterocycles. The standard InChI is InChI=1S/C14H10F17NO3/c15-7(10(19,20)21,6(33)32-4-2-1-3-5-32)34-14(30,31)9(18,12(25,26)27)35-13(28,29)8(16,17)11(22,23)24/h1-5H2/t7-,9-/m1/s1. The summed E-state index contributed by atoms with van der Waals surface area (Å²) in [6.07, 6.45) is -38.5. The molecule has 208 valence electrons. The van der Waals surface area contributed by atoms with E-state index in [1.54, 1.807) is 0 Å². The largest absolute Gasteiger partial charge is 0.462 e. The molecule has 2 atom stereocenters. The van der Waals surface area contributed by atoms with Crippen molar-refractivity contribution in [2.75, 3.05) is 13.1 Å². The summed E-state index contributed by atoms with van der Waals surface area (Å²) in [7, 11) is 0. The van der Waals surface area contributed by atoms with Crippen LogP contribution in [-0.2, 0) is 14.3 Å². The van der Waals surface area contributed by atoms with Gasteiger partial charge < -0.3 is 4.90 Å². The van der Waals surface area contributed by atoms with E-state index in [9.17, 15) is 79.4 Å². The van der Waals surface area contributed by atoms with Gasteiger partial charge in [-0.3, -0.25) is 14.3 Å². The summed E-state index contributed by atoms with van der Waals surface area (Å²) in [5.74, 6) is -25.7. The van der Waals surface area contributed by atoms with Crippen molar-refractivity contribution < 1.29 is 88.9 Å². The molecule has 0 unspecified atom stereocenters. The second-order valence-electron chi connectivity index (χ2n) is 6.85. The molecule has 0 bridgehead atoms. The van der Waals surface area contributed by atoms with Gasteiger partial charge in [0.1, 0.15) is 0 Å². The summed E-state index contributed by atoms with van der Waals surface area (Å²) in [6.45, 7) is -1.66. The van der Waals surface area contributed by atoms with Gasteiger partial charge >= 0.3 is 48.4 Å². The molecule has 0 aliphatic carbocycles. The first-order valence-corrected chi connectivity index (χ1v) is 8.59. The molecule has 35 heavy (non-hydrogen) atoms. The highest BCUT2D eigenvalue weighted by molar-refractivity contribution is 5.84. The molecule has 0 saturated carbocycles. The summed E-state index contributed by atoms with van der Waals surface area (Å²) < 4.78 is 225. The molecule has 1 rings (SSSR count). The smallest absolute Gasteiger partial charge is 0.337 e. The fraction of sp³-hybridized carbons (Fsp3) is 0.929. The highest BCUT2D eigenvalue weighted by atomic mass is 19.4. The van der Waals surface area contributed by atoms with Gasteiger partial charge in [0.25, 0.3) is 5.91 Å². The van der Waals surface area contributed by atoms with Crippen molar-refractivity contribution in [2.45, 2.75) is 67.6 Å². The average Bonchev–Trinajstić information content (AvgIpc) is 2.64. The molecule has 1 aliphatic rings. The number of amides is 1. The number of alkyl halides is 17. The van der Waals surface area contributed by atoms with Crippen molar-refractivity contribution in [3.8, 4) is 0 Å². The first kappa shape index (κ1) is 31.2. The predicted molar refractivity (Wildman–Crippen MR) is 73.3 cm³/mol. The van der Waals surface area contributed by atoms with Crippen molar-refractivity contribution in [3.05, 3.63) is 0 Å². The van der Waals surface area contributed by atoms with Crippen LogP contribution in [-0.4, -0.2) is 72.3 Å². The van der Waals surface area contributed by atoms with Crippen LogP contribution >= 0.6 is 0 Å². The minimum atomic E-state index is -8.00. The van der Waals surface area contributed by atoms with Crippen LogP contribution in [0.5, 0.6) is 0 Å². The lowest BCUT2D eigenvalue weighted by atomic mass is 10.1. The molecule has 0 aromatic rings. The quantitative estimate of drug-likeness (QED) is 0.364. The van der Waals surface area contributed by atoms with E-state index in [0.717, 1.165) is 0 Å². The minimum Gasteiger partial charge on any atom is -0.337 e. The zero-order valence-corrected chi connectivity index (χ0v) is 16.1. The Balaban J connectivity index is 3.60. The zero-order valence-electron chi connectivity index (χ0n) is 16.1. The van der Waals surface area contributed by atoms with Gasteiger partial charge in [-0.1, -0.05) is 0 Å². The number of carbonyl (C=O) groups is 1. The molecule has 1 fully saturated rings. The Morgan fingerprint density at radius 1 is 0.543 bits per heavy atom.